The van der Waals surface area contributed by atoms with Gasteiger partial charge in [0.2, 0.25) is 5.91 Å². The van der Waals surface area contributed by atoms with Crippen LogP contribution in [0.3, 0.4) is 0 Å². The molecule has 0 heterocycles. The van der Waals surface area contributed by atoms with Gasteiger partial charge in [-0.05, 0) is 13.8 Å². The lowest BCUT2D eigenvalue weighted by molar-refractivity contribution is -0.162. The van der Waals surface area contributed by atoms with Crippen LogP contribution in [-0.4, -0.2) is 41.3 Å². The van der Waals surface area contributed by atoms with Gasteiger partial charge in [-0.15, -0.1) is 0 Å². The van der Waals surface area contributed by atoms with Crippen molar-refractivity contribution in [1.29, 1.82) is 0 Å². The maximum atomic E-state index is 11.8. The summed E-state index contributed by atoms with van der Waals surface area (Å²) >= 11 is 0. The van der Waals surface area contributed by atoms with Crippen LogP contribution in [0.2, 0.25) is 0 Å². The second kappa shape index (κ2) is 4.16. The van der Waals surface area contributed by atoms with E-state index < -0.39 is 24.1 Å². The molecule has 0 unspecified atom stereocenters. The third-order valence-electron chi connectivity index (χ3n) is 1.40. The Morgan fingerprint density at radius 3 is 2.07 bits per heavy atom. The Morgan fingerprint density at radius 1 is 1.36 bits per heavy atom. The second-order valence-electron chi connectivity index (χ2n) is 3.85. The fourth-order valence-electron chi connectivity index (χ4n) is 0.975. The predicted molar refractivity (Wildman–Crippen MR) is 44.6 cm³/mol. The van der Waals surface area contributed by atoms with E-state index >= 15 is 0 Å². The normalized spacial score (nSPS) is 12.8. The highest BCUT2D eigenvalue weighted by Crippen LogP contribution is 2.20. The first kappa shape index (κ1) is 13.2. The molecule has 84 valence electrons. The number of alkyl halides is 3. The van der Waals surface area contributed by atoms with E-state index in [1.807, 2.05) is 0 Å². The fourth-order valence-corrected chi connectivity index (χ4v) is 0.975. The summed E-state index contributed by atoms with van der Waals surface area (Å²) in [7, 11) is 1.23. The summed E-state index contributed by atoms with van der Waals surface area (Å²) in [5.74, 6) is -1.04. The molecule has 0 rings (SSSR count). The largest absolute Gasteiger partial charge is 0.397 e. The standard InChI is InChI=1S/C8H14F3NO2/c1-7(2,14)5-12(3)6(13)4-8(9,10)11/h14H,4-5H2,1-3H3. The van der Waals surface area contributed by atoms with Gasteiger partial charge in [0.15, 0.2) is 0 Å². The highest BCUT2D eigenvalue weighted by molar-refractivity contribution is 5.76. The van der Waals surface area contributed by atoms with Crippen LogP contribution in [0.15, 0.2) is 0 Å². The highest BCUT2D eigenvalue weighted by Gasteiger charge is 2.33. The van der Waals surface area contributed by atoms with E-state index in [0.717, 1.165) is 4.90 Å². The average molecular weight is 213 g/mol. The van der Waals surface area contributed by atoms with E-state index in [1.165, 1.54) is 20.9 Å². The number of likely N-dealkylation sites (N-methyl/N-ethyl adjacent to an activating group) is 1. The molecule has 0 saturated carbocycles. The Labute approximate surface area is 80.5 Å². The number of amides is 1. The van der Waals surface area contributed by atoms with Crippen LogP contribution in [0.5, 0.6) is 0 Å². The molecule has 0 aromatic carbocycles. The van der Waals surface area contributed by atoms with Crippen LogP contribution in [-0.2, 0) is 4.79 Å². The van der Waals surface area contributed by atoms with Crippen molar-refractivity contribution in [2.45, 2.75) is 32.0 Å². The Hall–Kier alpha value is -0.780. The van der Waals surface area contributed by atoms with Gasteiger partial charge < -0.3 is 10.0 Å². The molecule has 0 saturated heterocycles. The molecule has 0 aliphatic carbocycles. The number of carbonyl (C=O) groups excluding carboxylic acids is 1. The van der Waals surface area contributed by atoms with Crippen LogP contribution in [0.1, 0.15) is 20.3 Å². The van der Waals surface area contributed by atoms with Crippen molar-refractivity contribution in [1.82, 2.24) is 4.90 Å². The molecule has 0 atom stereocenters. The lowest BCUT2D eigenvalue weighted by Gasteiger charge is -2.25. The third kappa shape index (κ3) is 6.71. The van der Waals surface area contributed by atoms with Gasteiger partial charge in [-0.2, -0.15) is 13.2 Å². The summed E-state index contributed by atoms with van der Waals surface area (Å²) in [6, 6.07) is 0. The van der Waals surface area contributed by atoms with Crippen molar-refractivity contribution in [2.75, 3.05) is 13.6 Å². The smallest absolute Gasteiger partial charge is 0.389 e. The summed E-state index contributed by atoms with van der Waals surface area (Å²) in [6.45, 7) is 2.72. The Bertz CT molecular complexity index is 208. The van der Waals surface area contributed by atoms with Gasteiger partial charge >= 0.3 is 6.18 Å². The average Bonchev–Trinajstić information content (AvgIpc) is 1.78. The third-order valence-corrected chi connectivity index (χ3v) is 1.40. The SMILES string of the molecule is CN(CC(C)(C)O)C(=O)CC(F)(F)F. The van der Waals surface area contributed by atoms with E-state index in [1.54, 1.807) is 0 Å². The van der Waals surface area contributed by atoms with Crippen molar-refractivity contribution in [2.24, 2.45) is 0 Å². The Morgan fingerprint density at radius 2 is 1.79 bits per heavy atom. The molecule has 6 heteroatoms. The number of rotatable bonds is 3. The van der Waals surface area contributed by atoms with Gasteiger partial charge in [0.05, 0.1) is 5.60 Å². The molecule has 0 radical (unpaired) electrons. The number of aliphatic hydroxyl groups is 1. The zero-order chi connectivity index (χ0) is 11.6. The maximum Gasteiger partial charge on any atom is 0.397 e. The Balaban J connectivity index is 4.15. The molecule has 0 spiro atoms. The molecule has 0 aromatic heterocycles. The minimum atomic E-state index is -4.50. The van der Waals surface area contributed by atoms with Gasteiger partial charge in [-0.1, -0.05) is 0 Å². The lowest BCUT2D eigenvalue weighted by atomic mass is 10.1. The molecule has 3 nitrogen and oxygen atoms in total. The number of carbonyl (C=O) groups is 1. The van der Waals surface area contributed by atoms with Gasteiger partial charge in [0.1, 0.15) is 6.42 Å². The van der Waals surface area contributed by atoms with Crippen molar-refractivity contribution >= 4 is 5.91 Å². The van der Waals surface area contributed by atoms with Crippen molar-refractivity contribution < 1.29 is 23.1 Å². The fraction of sp³-hybridized carbons (Fsp3) is 0.875. The molecule has 1 N–H and O–H groups in total. The van der Waals surface area contributed by atoms with Crippen LogP contribution < -0.4 is 0 Å². The van der Waals surface area contributed by atoms with E-state index in [2.05, 4.69) is 0 Å². The summed E-state index contributed by atoms with van der Waals surface area (Å²) in [4.78, 5) is 11.8. The number of halogens is 3. The first-order valence-electron chi connectivity index (χ1n) is 4.04. The van der Waals surface area contributed by atoms with Gasteiger partial charge in [0, 0.05) is 13.6 Å². The van der Waals surface area contributed by atoms with Crippen LogP contribution in [0.4, 0.5) is 13.2 Å². The number of nitrogens with zero attached hydrogens (tertiary/aromatic N) is 1. The van der Waals surface area contributed by atoms with Crippen molar-refractivity contribution in [3.05, 3.63) is 0 Å². The summed E-state index contributed by atoms with van der Waals surface area (Å²) < 4.78 is 35.4. The van der Waals surface area contributed by atoms with E-state index in [4.69, 9.17) is 0 Å². The van der Waals surface area contributed by atoms with Crippen molar-refractivity contribution in [3.8, 4) is 0 Å². The minimum Gasteiger partial charge on any atom is -0.389 e. The first-order chi connectivity index (χ1) is 6.01. The summed E-state index contributed by atoms with van der Waals surface area (Å²) in [5, 5.41) is 9.26. The second-order valence-corrected chi connectivity index (χ2v) is 3.85. The molecule has 0 bridgehead atoms. The zero-order valence-electron chi connectivity index (χ0n) is 8.35. The quantitative estimate of drug-likeness (QED) is 0.764. The lowest BCUT2D eigenvalue weighted by Crippen LogP contribution is -2.41. The van der Waals surface area contributed by atoms with E-state index in [9.17, 15) is 23.1 Å². The summed E-state index contributed by atoms with van der Waals surface area (Å²) in [6.07, 6.45) is -5.98. The van der Waals surface area contributed by atoms with E-state index in [-0.39, 0.29) is 6.54 Å². The van der Waals surface area contributed by atoms with Crippen molar-refractivity contribution in [3.63, 3.8) is 0 Å². The predicted octanol–water partition coefficient (Wildman–Crippen LogP) is 1.17. The van der Waals surface area contributed by atoms with Gasteiger partial charge in [0.25, 0.3) is 0 Å². The molecule has 0 aliphatic heterocycles. The highest BCUT2D eigenvalue weighted by atomic mass is 19.4. The molecular formula is C8H14F3NO2. The summed E-state index contributed by atoms with van der Waals surface area (Å²) in [5.41, 5.74) is -1.18. The molecule has 1 amide bonds. The van der Waals surface area contributed by atoms with Crippen LogP contribution >= 0.6 is 0 Å². The molecule has 14 heavy (non-hydrogen) atoms. The topological polar surface area (TPSA) is 40.5 Å². The van der Waals surface area contributed by atoms with E-state index in [0.29, 0.717) is 0 Å². The minimum absolute atomic E-state index is 0.123. The van der Waals surface area contributed by atoms with Crippen LogP contribution in [0.25, 0.3) is 0 Å². The van der Waals surface area contributed by atoms with Gasteiger partial charge in [-0.25, -0.2) is 0 Å². The molecular weight excluding hydrogens is 199 g/mol. The van der Waals surface area contributed by atoms with Crippen LogP contribution in [0, 0.1) is 0 Å². The zero-order valence-corrected chi connectivity index (χ0v) is 8.35. The maximum absolute atomic E-state index is 11.8. The molecule has 0 aromatic rings. The Kier molecular flexibility index (Phi) is 3.93. The molecule has 0 aliphatic rings. The molecule has 0 fully saturated rings. The number of hydrogen-bond donors (Lipinski definition) is 1. The number of hydrogen-bond acceptors (Lipinski definition) is 2. The van der Waals surface area contributed by atoms with Gasteiger partial charge in [-0.3, -0.25) is 4.79 Å². The monoisotopic (exact) mass is 213 g/mol. The first-order valence-corrected chi connectivity index (χ1v) is 4.04.